The highest BCUT2D eigenvalue weighted by Gasteiger charge is 2.31. The van der Waals surface area contributed by atoms with Crippen LogP contribution >= 0.6 is 0 Å². The van der Waals surface area contributed by atoms with E-state index in [9.17, 15) is 5.11 Å². The molecule has 0 aromatic heterocycles. The molecule has 3 aliphatic heterocycles. The minimum Gasteiger partial charge on any atom is -0.493 e. The largest absolute Gasteiger partial charge is 0.493 e. The summed E-state index contributed by atoms with van der Waals surface area (Å²) in [5.74, 6) is 3.00. The van der Waals surface area contributed by atoms with Crippen molar-refractivity contribution in [3.8, 4) is 23.0 Å². The smallest absolute Gasteiger partial charge is 0.203 e. The fraction of sp³-hybridized carbons (Fsp3) is 0.455. The second kappa shape index (κ2) is 7.53. The number of hydrogen-bond donors (Lipinski definition) is 1. The van der Waals surface area contributed by atoms with Gasteiger partial charge in [-0.3, -0.25) is 4.90 Å². The molecule has 6 nitrogen and oxygen atoms in total. The number of β-amino-alcohol motifs (C(OH)–C–C–N with tert-alkyl or cyclic N) is 1. The number of aliphatic hydroxyl groups excluding tert-OH is 1. The Hall–Kier alpha value is -2.44. The van der Waals surface area contributed by atoms with Gasteiger partial charge in [0, 0.05) is 26.1 Å². The lowest BCUT2D eigenvalue weighted by Gasteiger charge is -2.36. The van der Waals surface area contributed by atoms with Gasteiger partial charge >= 0.3 is 0 Å². The van der Waals surface area contributed by atoms with E-state index in [0.29, 0.717) is 37.0 Å². The van der Waals surface area contributed by atoms with E-state index in [1.807, 2.05) is 18.2 Å². The molecular formula is C22H25NO5. The standard InChI is InChI=1S/C22H25NO5/c24-17-14-23(13-15-4-5-18-16(12-15)7-9-25-18)8-6-19(17)28-21-3-1-2-20-22(21)27-11-10-26-20/h1-5,12,17,19,24H,6-11,13-14H2/t17-,19-/m1/s1. The molecule has 6 heteroatoms. The summed E-state index contributed by atoms with van der Waals surface area (Å²) in [6, 6.07) is 12.0. The van der Waals surface area contributed by atoms with Gasteiger partial charge in [-0.25, -0.2) is 0 Å². The van der Waals surface area contributed by atoms with Crippen molar-refractivity contribution in [2.45, 2.75) is 31.6 Å². The molecule has 0 spiro atoms. The molecule has 1 saturated heterocycles. The number of rotatable bonds is 4. The Labute approximate surface area is 164 Å². The van der Waals surface area contributed by atoms with Crippen LogP contribution < -0.4 is 18.9 Å². The maximum atomic E-state index is 10.7. The number of para-hydroxylation sites is 1. The third kappa shape index (κ3) is 3.50. The maximum Gasteiger partial charge on any atom is 0.203 e. The van der Waals surface area contributed by atoms with Gasteiger partial charge in [-0.2, -0.15) is 0 Å². The lowest BCUT2D eigenvalue weighted by Crippen LogP contribution is -2.48. The van der Waals surface area contributed by atoms with Crippen molar-refractivity contribution in [1.29, 1.82) is 0 Å². The summed E-state index contributed by atoms with van der Waals surface area (Å²) in [5, 5.41) is 10.7. The number of aliphatic hydroxyl groups is 1. The third-order valence-electron chi connectivity index (χ3n) is 5.57. The Morgan fingerprint density at radius 1 is 1.04 bits per heavy atom. The van der Waals surface area contributed by atoms with E-state index in [0.717, 1.165) is 38.3 Å². The summed E-state index contributed by atoms with van der Waals surface area (Å²) < 4.78 is 23.0. The van der Waals surface area contributed by atoms with Crippen LogP contribution in [0.3, 0.4) is 0 Å². The average molecular weight is 383 g/mol. The molecule has 3 heterocycles. The molecular weight excluding hydrogens is 358 g/mol. The minimum absolute atomic E-state index is 0.248. The van der Waals surface area contributed by atoms with Gasteiger partial charge in [0.05, 0.1) is 6.61 Å². The first-order chi connectivity index (χ1) is 13.8. The van der Waals surface area contributed by atoms with Crippen LogP contribution in [0.15, 0.2) is 36.4 Å². The molecule has 0 aliphatic carbocycles. The van der Waals surface area contributed by atoms with Crippen LogP contribution in [0, 0.1) is 0 Å². The topological polar surface area (TPSA) is 60.4 Å². The molecule has 0 saturated carbocycles. The van der Waals surface area contributed by atoms with E-state index in [4.69, 9.17) is 18.9 Å². The van der Waals surface area contributed by atoms with Crippen molar-refractivity contribution >= 4 is 0 Å². The second-order valence-electron chi connectivity index (χ2n) is 7.57. The molecule has 1 fully saturated rings. The van der Waals surface area contributed by atoms with Crippen LogP contribution in [0.5, 0.6) is 23.0 Å². The minimum atomic E-state index is -0.549. The highest BCUT2D eigenvalue weighted by atomic mass is 16.6. The van der Waals surface area contributed by atoms with Crippen LogP contribution in [-0.4, -0.2) is 55.1 Å². The molecule has 148 valence electrons. The Bertz CT molecular complexity index is 855. The Morgan fingerprint density at radius 3 is 2.86 bits per heavy atom. The second-order valence-corrected chi connectivity index (χ2v) is 7.57. The molecule has 2 aromatic carbocycles. The molecule has 28 heavy (non-hydrogen) atoms. The quantitative estimate of drug-likeness (QED) is 0.875. The van der Waals surface area contributed by atoms with Gasteiger partial charge in [0.25, 0.3) is 0 Å². The van der Waals surface area contributed by atoms with Gasteiger partial charge in [-0.05, 0) is 35.7 Å². The molecule has 0 unspecified atom stereocenters. The zero-order valence-corrected chi connectivity index (χ0v) is 15.8. The third-order valence-corrected chi connectivity index (χ3v) is 5.57. The van der Waals surface area contributed by atoms with Gasteiger partial charge < -0.3 is 24.1 Å². The van der Waals surface area contributed by atoms with Gasteiger partial charge in [0.15, 0.2) is 11.5 Å². The average Bonchev–Trinajstić information content (AvgIpc) is 3.18. The first kappa shape index (κ1) is 17.6. The summed E-state index contributed by atoms with van der Waals surface area (Å²) in [6.45, 7) is 4.13. The first-order valence-electron chi connectivity index (χ1n) is 9.96. The predicted octanol–water partition coefficient (Wildman–Crippen LogP) is 2.41. The number of fused-ring (bicyclic) bond motifs is 2. The summed E-state index contributed by atoms with van der Waals surface area (Å²) in [5.41, 5.74) is 2.55. The molecule has 1 N–H and O–H groups in total. The SMILES string of the molecule is O[C@@H]1CN(Cc2ccc3c(c2)CCO3)CC[C@H]1Oc1cccc2c1OCCO2. The van der Waals surface area contributed by atoms with Gasteiger partial charge in [-0.1, -0.05) is 18.2 Å². The zero-order valence-electron chi connectivity index (χ0n) is 15.8. The van der Waals surface area contributed by atoms with Crippen LogP contribution in [0.2, 0.25) is 0 Å². The van der Waals surface area contributed by atoms with Crippen molar-refractivity contribution in [2.24, 2.45) is 0 Å². The number of likely N-dealkylation sites (tertiary alicyclic amines) is 1. The van der Waals surface area contributed by atoms with Gasteiger partial charge in [0.2, 0.25) is 5.75 Å². The summed E-state index contributed by atoms with van der Waals surface area (Å²) in [7, 11) is 0. The van der Waals surface area contributed by atoms with Gasteiger partial charge in [-0.15, -0.1) is 0 Å². The summed E-state index contributed by atoms with van der Waals surface area (Å²) >= 11 is 0. The van der Waals surface area contributed by atoms with Crippen LogP contribution in [-0.2, 0) is 13.0 Å². The van der Waals surface area contributed by atoms with Crippen molar-refractivity contribution in [2.75, 3.05) is 32.9 Å². The van der Waals surface area contributed by atoms with Gasteiger partial charge in [0.1, 0.15) is 31.2 Å². The van der Waals surface area contributed by atoms with Crippen molar-refractivity contribution in [1.82, 2.24) is 4.90 Å². The molecule has 5 rings (SSSR count). The maximum absolute atomic E-state index is 10.7. The zero-order chi connectivity index (χ0) is 18.9. The van der Waals surface area contributed by atoms with E-state index in [-0.39, 0.29) is 6.10 Å². The van der Waals surface area contributed by atoms with Crippen LogP contribution in [0.4, 0.5) is 0 Å². The monoisotopic (exact) mass is 383 g/mol. The van der Waals surface area contributed by atoms with Crippen molar-refractivity contribution in [3.63, 3.8) is 0 Å². The summed E-state index contributed by atoms with van der Waals surface area (Å²) in [6.07, 6.45) is 0.947. The fourth-order valence-corrected chi connectivity index (χ4v) is 4.16. The van der Waals surface area contributed by atoms with Crippen molar-refractivity contribution < 1.29 is 24.1 Å². The fourth-order valence-electron chi connectivity index (χ4n) is 4.16. The van der Waals surface area contributed by atoms with Crippen molar-refractivity contribution in [3.05, 3.63) is 47.5 Å². The van der Waals surface area contributed by atoms with Crippen LogP contribution in [0.25, 0.3) is 0 Å². The molecule has 2 atom stereocenters. The number of hydrogen-bond acceptors (Lipinski definition) is 6. The van der Waals surface area contributed by atoms with E-state index < -0.39 is 6.10 Å². The highest BCUT2D eigenvalue weighted by molar-refractivity contribution is 5.52. The van der Waals surface area contributed by atoms with E-state index in [2.05, 4.69) is 23.1 Å². The number of benzene rings is 2. The summed E-state index contributed by atoms with van der Waals surface area (Å²) in [4.78, 5) is 2.28. The Morgan fingerprint density at radius 2 is 1.93 bits per heavy atom. The lowest BCUT2D eigenvalue weighted by atomic mass is 10.0. The molecule has 0 bridgehead atoms. The normalized spacial score (nSPS) is 23.8. The molecule has 3 aliphatic rings. The first-order valence-corrected chi connectivity index (χ1v) is 9.96. The number of piperidine rings is 1. The molecule has 2 aromatic rings. The van der Waals surface area contributed by atoms with E-state index >= 15 is 0 Å². The predicted molar refractivity (Wildman–Crippen MR) is 103 cm³/mol. The van der Waals surface area contributed by atoms with Crippen LogP contribution in [0.1, 0.15) is 17.5 Å². The molecule has 0 radical (unpaired) electrons. The molecule has 0 amide bonds. The Kier molecular flexibility index (Phi) is 4.74. The van der Waals surface area contributed by atoms with E-state index in [1.165, 1.54) is 11.1 Å². The highest BCUT2D eigenvalue weighted by Crippen LogP contribution is 2.40. The number of nitrogens with zero attached hydrogens (tertiary/aromatic N) is 1. The number of ether oxygens (including phenoxy) is 4. The van der Waals surface area contributed by atoms with E-state index in [1.54, 1.807) is 0 Å². The lowest BCUT2D eigenvalue weighted by molar-refractivity contribution is -0.0290. The Balaban J connectivity index is 1.22.